The van der Waals surface area contributed by atoms with Crippen LogP contribution in [0, 0.1) is 5.92 Å². The van der Waals surface area contributed by atoms with E-state index in [4.69, 9.17) is 4.74 Å². The molecule has 1 saturated heterocycles. The molecular formula is C10H21NO. The topological polar surface area (TPSA) is 21.3 Å². The highest BCUT2D eigenvalue weighted by Gasteiger charge is 2.10. The normalized spacial score (nSPS) is 25.2. The van der Waals surface area contributed by atoms with Gasteiger partial charge in [0, 0.05) is 13.2 Å². The molecule has 2 heteroatoms. The maximum atomic E-state index is 5.35. The first-order valence-electron chi connectivity index (χ1n) is 5.22. The lowest BCUT2D eigenvalue weighted by atomic mass is 10.0. The summed E-state index contributed by atoms with van der Waals surface area (Å²) in [5.41, 5.74) is 0. The van der Waals surface area contributed by atoms with Crippen molar-refractivity contribution in [3.05, 3.63) is 0 Å². The van der Waals surface area contributed by atoms with Gasteiger partial charge in [0.2, 0.25) is 0 Å². The minimum Gasteiger partial charge on any atom is -0.382 e. The fourth-order valence-electron chi connectivity index (χ4n) is 1.73. The first-order valence-corrected chi connectivity index (χ1v) is 5.22. The summed E-state index contributed by atoms with van der Waals surface area (Å²) in [5.74, 6) is 0.860. The van der Waals surface area contributed by atoms with Gasteiger partial charge >= 0.3 is 0 Å². The van der Waals surface area contributed by atoms with Crippen molar-refractivity contribution >= 4 is 0 Å². The average molecular weight is 171 g/mol. The van der Waals surface area contributed by atoms with E-state index in [-0.39, 0.29) is 0 Å². The summed E-state index contributed by atoms with van der Waals surface area (Å²) >= 11 is 0. The van der Waals surface area contributed by atoms with E-state index in [0.29, 0.717) is 0 Å². The van der Waals surface area contributed by atoms with Crippen LogP contribution in [0.25, 0.3) is 0 Å². The Balaban J connectivity index is 2.04. The zero-order valence-corrected chi connectivity index (χ0v) is 8.14. The Morgan fingerprint density at radius 3 is 3.17 bits per heavy atom. The Kier molecular flexibility index (Phi) is 5.37. The van der Waals surface area contributed by atoms with Crippen LogP contribution in [0.3, 0.4) is 0 Å². The summed E-state index contributed by atoms with van der Waals surface area (Å²) in [6, 6.07) is 0. The molecule has 1 fully saturated rings. The lowest BCUT2D eigenvalue weighted by molar-refractivity contribution is 0.131. The lowest BCUT2D eigenvalue weighted by Gasteiger charge is -2.13. The van der Waals surface area contributed by atoms with E-state index < -0.39 is 0 Å². The van der Waals surface area contributed by atoms with Crippen LogP contribution in [0.15, 0.2) is 0 Å². The molecule has 1 aliphatic heterocycles. The van der Waals surface area contributed by atoms with Gasteiger partial charge in [-0.15, -0.1) is 0 Å². The fraction of sp³-hybridized carbons (Fsp3) is 1.00. The summed E-state index contributed by atoms with van der Waals surface area (Å²) in [5, 5.41) is 3.47. The first-order chi connectivity index (χ1) is 5.93. The highest BCUT2D eigenvalue weighted by Crippen LogP contribution is 2.14. The largest absolute Gasteiger partial charge is 0.382 e. The third kappa shape index (κ3) is 4.07. The van der Waals surface area contributed by atoms with Gasteiger partial charge in [-0.25, -0.2) is 0 Å². The molecule has 1 unspecified atom stereocenters. The SMILES string of the molecule is CCOCCC1CCCCNC1. The van der Waals surface area contributed by atoms with E-state index in [0.717, 1.165) is 19.1 Å². The maximum Gasteiger partial charge on any atom is 0.0469 e. The van der Waals surface area contributed by atoms with Crippen molar-refractivity contribution in [3.8, 4) is 0 Å². The van der Waals surface area contributed by atoms with Crippen LogP contribution in [0.2, 0.25) is 0 Å². The van der Waals surface area contributed by atoms with Crippen LogP contribution in [-0.4, -0.2) is 26.3 Å². The molecule has 72 valence electrons. The molecule has 0 aromatic carbocycles. The molecule has 0 aliphatic carbocycles. The predicted octanol–water partition coefficient (Wildman–Crippen LogP) is 1.80. The van der Waals surface area contributed by atoms with Crippen molar-refractivity contribution in [1.82, 2.24) is 5.32 Å². The molecule has 12 heavy (non-hydrogen) atoms. The minimum absolute atomic E-state index is 0.860. The van der Waals surface area contributed by atoms with Gasteiger partial charge in [-0.2, -0.15) is 0 Å². The van der Waals surface area contributed by atoms with Crippen LogP contribution < -0.4 is 5.32 Å². The third-order valence-corrected chi connectivity index (χ3v) is 2.52. The van der Waals surface area contributed by atoms with Crippen LogP contribution in [0.4, 0.5) is 0 Å². The summed E-state index contributed by atoms with van der Waals surface area (Å²) in [4.78, 5) is 0. The molecule has 1 aliphatic rings. The Hall–Kier alpha value is -0.0800. The average Bonchev–Trinajstić information content (AvgIpc) is 2.33. The highest BCUT2D eigenvalue weighted by molar-refractivity contribution is 4.66. The second-order valence-corrected chi connectivity index (χ2v) is 3.55. The van der Waals surface area contributed by atoms with Crippen molar-refractivity contribution in [1.29, 1.82) is 0 Å². The molecular weight excluding hydrogens is 150 g/mol. The summed E-state index contributed by atoms with van der Waals surface area (Å²) in [6.07, 6.45) is 5.37. The van der Waals surface area contributed by atoms with Gasteiger partial charge in [-0.3, -0.25) is 0 Å². The van der Waals surface area contributed by atoms with Crippen LogP contribution >= 0.6 is 0 Å². The van der Waals surface area contributed by atoms with E-state index >= 15 is 0 Å². The molecule has 1 rings (SSSR count). The molecule has 1 N–H and O–H groups in total. The Morgan fingerprint density at radius 1 is 1.42 bits per heavy atom. The van der Waals surface area contributed by atoms with E-state index in [2.05, 4.69) is 12.2 Å². The zero-order chi connectivity index (χ0) is 8.65. The van der Waals surface area contributed by atoms with E-state index in [1.54, 1.807) is 0 Å². The number of nitrogens with one attached hydrogen (secondary N) is 1. The first kappa shape index (κ1) is 10.0. The lowest BCUT2D eigenvalue weighted by Crippen LogP contribution is -2.21. The van der Waals surface area contributed by atoms with Gasteiger partial charge in [0.15, 0.2) is 0 Å². The van der Waals surface area contributed by atoms with E-state index in [1.165, 1.54) is 38.8 Å². The van der Waals surface area contributed by atoms with Crippen LogP contribution in [0.5, 0.6) is 0 Å². The van der Waals surface area contributed by atoms with Crippen molar-refractivity contribution in [2.24, 2.45) is 5.92 Å². The van der Waals surface area contributed by atoms with Crippen LogP contribution in [-0.2, 0) is 4.74 Å². The number of rotatable bonds is 4. The van der Waals surface area contributed by atoms with Gasteiger partial charge in [-0.1, -0.05) is 6.42 Å². The summed E-state index contributed by atoms with van der Waals surface area (Å²) < 4.78 is 5.35. The minimum atomic E-state index is 0.860. The molecule has 0 spiro atoms. The van der Waals surface area contributed by atoms with Gasteiger partial charge in [0.1, 0.15) is 0 Å². The fourth-order valence-corrected chi connectivity index (χ4v) is 1.73. The predicted molar refractivity (Wildman–Crippen MR) is 51.3 cm³/mol. The molecule has 0 saturated carbocycles. The third-order valence-electron chi connectivity index (χ3n) is 2.52. The molecule has 0 aromatic heterocycles. The Bertz CT molecular complexity index is 98.0. The standard InChI is InChI=1S/C10H21NO/c1-2-12-8-6-10-5-3-4-7-11-9-10/h10-11H,2-9H2,1H3. The van der Waals surface area contributed by atoms with Gasteiger partial charge < -0.3 is 10.1 Å². The number of hydrogen-bond acceptors (Lipinski definition) is 2. The van der Waals surface area contributed by atoms with Crippen molar-refractivity contribution < 1.29 is 4.74 Å². The smallest absolute Gasteiger partial charge is 0.0469 e. The molecule has 2 nitrogen and oxygen atoms in total. The summed E-state index contributed by atoms with van der Waals surface area (Å²) in [7, 11) is 0. The number of hydrogen-bond donors (Lipinski definition) is 1. The van der Waals surface area contributed by atoms with E-state index in [1.807, 2.05) is 0 Å². The van der Waals surface area contributed by atoms with Gasteiger partial charge in [-0.05, 0) is 45.2 Å². The van der Waals surface area contributed by atoms with Crippen molar-refractivity contribution in [2.45, 2.75) is 32.6 Å². The second-order valence-electron chi connectivity index (χ2n) is 3.55. The van der Waals surface area contributed by atoms with E-state index in [9.17, 15) is 0 Å². The molecule has 0 bridgehead atoms. The molecule has 0 amide bonds. The number of ether oxygens (including phenoxy) is 1. The summed E-state index contributed by atoms with van der Waals surface area (Å²) in [6.45, 7) is 6.28. The second kappa shape index (κ2) is 6.44. The van der Waals surface area contributed by atoms with Crippen molar-refractivity contribution in [2.75, 3.05) is 26.3 Å². The monoisotopic (exact) mass is 171 g/mol. The van der Waals surface area contributed by atoms with Gasteiger partial charge in [0.25, 0.3) is 0 Å². The Morgan fingerprint density at radius 2 is 2.33 bits per heavy atom. The molecule has 0 radical (unpaired) electrons. The molecule has 0 aromatic rings. The van der Waals surface area contributed by atoms with Crippen LogP contribution in [0.1, 0.15) is 32.6 Å². The quantitative estimate of drug-likeness (QED) is 0.651. The molecule has 1 atom stereocenters. The highest BCUT2D eigenvalue weighted by atomic mass is 16.5. The van der Waals surface area contributed by atoms with Gasteiger partial charge in [0.05, 0.1) is 0 Å². The zero-order valence-electron chi connectivity index (χ0n) is 8.14. The Labute approximate surface area is 75.7 Å². The maximum absolute atomic E-state index is 5.35. The molecule has 1 heterocycles. The van der Waals surface area contributed by atoms with Crippen molar-refractivity contribution in [3.63, 3.8) is 0 Å².